The van der Waals surface area contributed by atoms with Crippen molar-refractivity contribution in [1.29, 1.82) is 0 Å². The molecule has 3 rings (SSSR count). The number of hydrogen-bond donors (Lipinski definition) is 1. The summed E-state index contributed by atoms with van der Waals surface area (Å²) in [7, 11) is 0. The Balaban J connectivity index is 1.68. The van der Waals surface area contributed by atoms with Crippen LogP contribution in [0.3, 0.4) is 0 Å². The summed E-state index contributed by atoms with van der Waals surface area (Å²) in [5.41, 5.74) is 0.754. The summed E-state index contributed by atoms with van der Waals surface area (Å²) in [5, 5.41) is 3.78. The fourth-order valence-corrected chi connectivity index (χ4v) is 3.00. The number of nitrogens with one attached hydrogen (secondary N) is 1. The van der Waals surface area contributed by atoms with E-state index in [0.717, 1.165) is 0 Å². The molecule has 0 aliphatic carbocycles. The second kappa shape index (κ2) is 8.21. The lowest BCUT2D eigenvalue weighted by molar-refractivity contribution is -0.166. The molecule has 146 valence electrons. The Labute approximate surface area is 155 Å². The number of anilines is 2. The van der Waals surface area contributed by atoms with Gasteiger partial charge in [-0.05, 0) is 18.2 Å². The van der Waals surface area contributed by atoms with Gasteiger partial charge in [0.25, 0.3) is 0 Å². The molecule has 1 aromatic rings. The van der Waals surface area contributed by atoms with Crippen LogP contribution < -0.4 is 15.1 Å². The van der Waals surface area contributed by atoms with Crippen molar-refractivity contribution in [3.63, 3.8) is 0 Å². The smallest absolute Gasteiger partial charge is 0.414 e. The van der Waals surface area contributed by atoms with Crippen LogP contribution in [0.1, 0.15) is 6.92 Å². The SMILES string of the molecule is CC(=O)NCC1CN(c2ccc(N3CCON(C=O)CC3)c(F)c2)C(=O)O1. The molecule has 9 nitrogen and oxygen atoms in total. The number of amides is 3. The van der Waals surface area contributed by atoms with Crippen LogP contribution in [0.2, 0.25) is 0 Å². The number of rotatable bonds is 5. The Morgan fingerprint density at radius 3 is 2.89 bits per heavy atom. The van der Waals surface area contributed by atoms with E-state index in [0.29, 0.717) is 37.4 Å². The third-order valence-corrected chi connectivity index (χ3v) is 4.36. The Kier molecular flexibility index (Phi) is 5.75. The first-order valence-electron chi connectivity index (χ1n) is 8.60. The van der Waals surface area contributed by atoms with Crippen LogP contribution in [-0.2, 0) is 19.2 Å². The third kappa shape index (κ3) is 4.45. The summed E-state index contributed by atoms with van der Waals surface area (Å²) in [6, 6.07) is 4.51. The van der Waals surface area contributed by atoms with E-state index in [4.69, 9.17) is 9.57 Å². The van der Waals surface area contributed by atoms with Gasteiger partial charge in [0.15, 0.2) is 0 Å². The van der Waals surface area contributed by atoms with Crippen molar-refractivity contribution < 1.29 is 28.3 Å². The molecule has 0 aromatic heterocycles. The van der Waals surface area contributed by atoms with Crippen molar-refractivity contribution in [2.75, 3.05) is 49.1 Å². The Morgan fingerprint density at radius 1 is 1.37 bits per heavy atom. The van der Waals surface area contributed by atoms with Crippen LogP contribution in [0.25, 0.3) is 0 Å². The number of hydrogen-bond acceptors (Lipinski definition) is 6. The zero-order chi connectivity index (χ0) is 19.4. The van der Waals surface area contributed by atoms with Gasteiger partial charge in [0.1, 0.15) is 11.9 Å². The Morgan fingerprint density at radius 2 is 2.19 bits per heavy atom. The second-order valence-corrected chi connectivity index (χ2v) is 6.26. The lowest BCUT2D eigenvalue weighted by Gasteiger charge is -2.23. The van der Waals surface area contributed by atoms with Gasteiger partial charge in [-0.1, -0.05) is 0 Å². The van der Waals surface area contributed by atoms with E-state index >= 15 is 0 Å². The van der Waals surface area contributed by atoms with Gasteiger partial charge in [0, 0.05) is 20.0 Å². The van der Waals surface area contributed by atoms with Crippen molar-refractivity contribution in [3.8, 4) is 0 Å². The molecule has 10 heteroatoms. The van der Waals surface area contributed by atoms with E-state index in [1.165, 1.54) is 23.0 Å². The normalized spacial score (nSPS) is 20.3. The largest absolute Gasteiger partial charge is 0.442 e. The van der Waals surface area contributed by atoms with E-state index in [-0.39, 0.29) is 25.6 Å². The monoisotopic (exact) mass is 380 g/mol. The zero-order valence-electron chi connectivity index (χ0n) is 14.9. The quantitative estimate of drug-likeness (QED) is 0.748. The molecule has 1 atom stereocenters. The molecule has 2 saturated heterocycles. The number of ether oxygens (including phenoxy) is 1. The van der Waals surface area contributed by atoms with Crippen molar-refractivity contribution in [2.45, 2.75) is 13.0 Å². The average Bonchev–Trinajstić information content (AvgIpc) is 2.86. The summed E-state index contributed by atoms with van der Waals surface area (Å²) >= 11 is 0. The van der Waals surface area contributed by atoms with E-state index < -0.39 is 18.0 Å². The van der Waals surface area contributed by atoms with Gasteiger partial charge in [-0.2, -0.15) is 0 Å². The number of hydroxylamine groups is 2. The molecule has 2 heterocycles. The van der Waals surface area contributed by atoms with Crippen LogP contribution in [0.4, 0.5) is 20.6 Å². The molecule has 0 radical (unpaired) electrons. The molecule has 1 N–H and O–H groups in total. The maximum Gasteiger partial charge on any atom is 0.414 e. The molecule has 0 saturated carbocycles. The standard InChI is InChI=1S/C17H21FN4O5/c1-12(24)19-9-14-10-22(17(25)27-14)13-2-3-16(15(18)8-13)20-4-5-21(11-23)26-7-6-20/h2-3,8,11,14H,4-7,9-10H2,1H3,(H,19,24). The van der Waals surface area contributed by atoms with Crippen LogP contribution in [-0.4, -0.2) is 68.9 Å². The predicted molar refractivity (Wildman–Crippen MR) is 93.6 cm³/mol. The highest BCUT2D eigenvalue weighted by Gasteiger charge is 2.33. The minimum Gasteiger partial charge on any atom is -0.442 e. The molecule has 2 aliphatic heterocycles. The first-order valence-corrected chi connectivity index (χ1v) is 8.60. The molecule has 2 aliphatic rings. The Hall–Kier alpha value is -2.88. The minimum atomic E-state index is -0.581. The maximum absolute atomic E-state index is 14.7. The molecular formula is C17H21FN4O5. The van der Waals surface area contributed by atoms with E-state index in [9.17, 15) is 18.8 Å². The van der Waals surface area contributed by atoms with Crippen molar-refractivity contribution in [3.05, 3.63) is 24.0 Å². The highest BCUT2D eigenvalue weighted by atomic mass is 19.1. The van der Waals surface area contributed by atoms with Gasteiger partial charge in [-0.15, -0.1) is 0 Å². The van der Waals surface area contributed by atoms with E-state index in [2.05, 4.69) is 5.32 Å². The van der Waals surface area contributed by atoms with Crippen molar-refractivity contribution in [1.82, 2.24) is 10.4 Å². The predicted octanol–water partition coefficient (Wildman–Crippen LogP) is 0.497. The van der Waals surface area contributed by atoms with Gasteiger partial charge in [0.05, 0.1) is 37.6 Å². The lowest BCUT2D eigenvalue weighted by Crippen LogP contribution is -2.33. The van der Waals surface area contributed by atoms with Crippen LogP contribution in [0.15, 0.2) is 18.2 Å². The van der Waals surface area contributed by atoms with Gasteiger partial charge in [-0.3, -0.25) is 19.3 Å². The summed E-state index contributed by atoms with van der Waals surface area (Å²) in [5.74, 6) is -0.695. The second-order valence-electron chi connectivity index (χ2n) is 6.26. The topological polar surface area (TPSA) is 91.4 Å². The zero-order valence-corrected chi connectivity index (χ0v) is 14.9. The van der Waals surface area contributed by atoms with E-state index in [1.807, 2.05) is 0 Å². The van der Waals surface area contributed by atoms with Crippen molar-refractivity contribution >= 4 is 29.8 Å². The molecule has 3 amide bonds. The maximum atomic E-state index is 14.7. The minimum absolute atomic E-state index is 0.207. The number of carbonyl (C=O) groups excluding carboxylic acids is 3. The summed E-state index contributed by atoms with van der Waals surface area (Å²) in [4.78, 5) is 42.1. The molecule has 0 spiro atoms. The van der Waals surface area contributed by atoms with Gasteiger partial charge >= 0.3 is 6.09 Å². The third-order valence-electron chi connectivity index (χ3n) is 4.36. The highest BCUT2D eigenvalue weighted by molar-refractivity contribution is 5.90. The number of halogens is 1. The summed E-state index contributed by atoms with van der Waals surface area (Å²) < 4.78 is 19.9. The van der Waals surface area contributed by atoms with Gasteiger partial charge in [-0.25, -0.2) is 14.2 Å². The number of cyclic esters (lactones) is 1. The molecule has 0 bridgehead atoms. The average molecular weight is 380 g/mol. The van der Waals surface area contributed by atoms with Crippen LogP contribution in [0, 0.1) is 5.82 Å². The van der Waals surface area contributed by atoms with Crippen LogP contribution >= 0.6 is 0 Å². The molecule has 1 aromatic carbocycles. The van der Waals surface area contributed by atoms with Gasteiger partial charge in [0.2, 0.25) is 12.3 Å². The summed E-state index contributed by atoms with van der Waals surface area (Å²) in [6.07, 6.45) is -0.470. The molecule has 2 fully saturated rings. The first kappa shape index (κ1) is 18.9. The van der Waals surface area contributed by atoms with Crippen LogP contribution in [0.5, 0.6) is 0 Å². The molecule has 1 unspecified atom stereocenters. The number of nitrogens with zero attached hydrogens (tertiary/aromatic N) is 3. The fraction of sp³-hybridized carbons (Fsp3) is 0.471. The fourth-order valence-electron chi connectivity index (χ4n) is 3.00. The Bertz CT molecular complexity index is 731. The number of benzene rings is 1. The summed E-state index contributed by atoms with van der Waals surface area (Å²) in [6.45, 7) is 3.27. The first-order chi connectivity index (χ1) is 13.0. The highest BCUT2D eigenvalue weighted by Crippen LogP contribution is 2.28. The molecular weight excluding hydrogens is 359 g/mol. The van der Waals surface area contributed by atoms with E-state index in [1.54, 1.807) is 17.0 Å². The molecule has 27 heavy (non-hydrogen) atoms. The lowest BCUT2D eigenvalue weighted by atomic mass is 10.2. The van der Waals surface area contributed by atoms with Crippen molar-refractivity contribution in [2.24, 2.45) is 0 Å². The number of carbonyl (C=O) groups is 3. The van der Waals surface area contributed by atoms with Gasteiger partial charge < -0.3 is 15.0 Å².